The number of fused-ring (bicyclic) bond motifs is 1. The Hall–Kier alpha value is -3.56. The summed E-state index contributed by atoms with van der Waals surface area (Å²) in [6.45, 7) is 0. The highest BCUT2D eigenvalue weighted by molar-refractivity contribution is 6.00. The second-order valence-electron chi connectivity index (χ2n) is 5.58. The van der Waals surface area contributed by atoms with Gasteiger partial charge in [-0.15, -0.1) is 18.3 Å². The molecule has 1 aromatic carbocycles. The Labute approximate surface area is 150 Å². The lowest BCUT2D eigenvalue weighted by molar-refractivity contribution is -0.274. The predicted octanol–water partition coefficient (Wildman–Crippen LogP) is 3.75. The molecule has 0 radical (unpaired) electrons. The number of aromatic amines is 1. The van der Waals surface area contributed by atoms with Gasteiger partial charge in [-0.2, -0.15) is 5.10 Å². The van der Waals surface area contributed by atoms with Gasteiger partial charge in [0.2, 0.25) is 0 Å². The molecule has 0 fully saturated rings. The highest BCUT2D eigenvalue weighted by Crippen LogP contribution is 2.33. The maximum absolute atomic E-state index is 12.3. The van der Waals surface area contributed by atoms with Gasteiger partial charge in [0.25, 0.3) is 0 Å². The van der Waals surface area contributed by atoms with E-state index in [-0.39, 0.29) is 5.75 Å². The van der Waals surface area contributed by atoms with Gasteiger partial charge in [0.05, 0.1) is 16.8 Å². The molecule has 0 spiro atoms. The normalized spacial score (nSPS) is 11.7. The second kappa shape index (κ2) is 6.31. The molecule has 0 aliphatic heterocycles. The first-order valence-electron chi connectivity index (χ1n) is 7.88. The number of pyridine rings is 1. The van der Waals surface area contributed by atoms with E-state index in [9.17, 15) is 13.2 Å². The first-order chi connectivity index (χ1) is 13.0. The van der Waals surface area contributed by atoms with E-state index in [2.05, 4.69) is 30.3 Å². The standard InChI is InChI=1S/C17H13F3N6O/c1-21-15-14-12(13-7-9-23-24-13)6-8-22-16(14)26(25-15)10-2-4-11(5-3-10)27-17(18,19)20/h2-9H,1H3,(H,21,25)(H,23,24). The predicted molar refractivity (Wildman–Crippen MR) is 92.7 cm³/mol. The van der Waals surface area contributed by atoms with Crippen molar-refractivity contribution in [3.8, 4) is 22.7 Å². The summed E-state index contributed by atoms with van der Waals surface area (Å²) in [5.41, 5.74) is 2.75. The second-order valence-corrected chi connectivity index (χ2v) is 5.58. The van der Waals surface area contributed by atoms with Gasteiger partial charge in [-0.25, -0.2) is 9.67 Å². The van der Waals surface area contributed by atoms with Crippen molar-refractivity contribution in [1.29, 1.82) is 0 Å². The Morgan fingerprint density at radius 1 is 1.07 bits per heavy atom. The van der Waals surface area contributed by atoms with Crippen LogP contribution in [-0.2, 0) is 0 Å². The molecule has 27 heavy (non-hydrogen) atoms. The van der Waals surface area contributed by atoms with Crippen molar-refractivity contribution in [2.75, 3.05) is 12.4 Å². The number of ether oxygens (including phenoxy) is 1. The van der Waals surface area contributed by atoms with Crippen LogP contribution in [0.2, 0.25) is 0 Å². The fourth-order valence-corrected chi connectivity index (χ4v) is 2.82. The largest absolute Gasteiger partial charge is 0.573 e. The number of anilines is 1. The molecule has 0 bridgehead atoms. The maximum Gasteiger partial charge on any atom is 0.573 e. The van der Waals surface area contributed by atoms with Crippen molar-refractivity contribution < 1.29 is 17.9 Å². The number of benzene rings is 1. The molecular weight excluding hydrogens is 361 g/mol. The van der Waals surface area contributed by atoms with Crippen LogP contribution in [0.3, 0.4) is 0 Å². The van der Waals surface area contributed by atoms with Crippen LogP contribution in [0.4, 0.5) is 19.0 Å². The summed E-state index contributed by atoms with van der Waals surface area (Å²) in [6.07, 6.45) is -1.46. The molecule has 3 aromatic heterocycles. The number of rotatable bonds is 4. The van der Waals surface area contributed by atoms with Gasteiger partial charge >= 0.3 is 6.36 Å². The number of nitrogens with one attached hydrogen (secondary N) is 2. The fourth-order valence-electron chi connectivity index (χ4n) is 2.82. The molecule has 10 heteroatoms. The number of hydrogen-bond acceptors (Lipinski definition) is 5. The summed E-state index contributed by atoms with van der Waals surface area (Å²) >= 11 is 0. The van der Waals surface area contributed by atoms with Gasteiger partial charge in [0.1, 0.15) is 5.75 Å². The van der Waals surface area contributed by atoms with E-state index in [0.717, 1.165) is 16.6 Å². The molecule has 4 aromatic rings. The summed E-state index contributed by atoms with van der Waals surface area (Å²) in [5, 5.41) is 15.2. The van der Waals surface area contributed by atoms with Gasteiger partial charge in [-0.1, -0.05) is 0 Å². The molecule has 0 aliphatic carbocycles. The summed E-state index contributed by atoms with van der Waals surface area (Å²) in [6, 6.07) is 9.09. The number of alkyl halides is 3. The van der Waals surface area contributed by atoms with E-state index < -0.39 is 6.36 Å². The van der Waals surface area contributed by atoms with Crippen LogP contribution in [0.25, 0.3) is 28.0 Å². The Morgan fingerprint density at radius 2 is 1.85 bits per heavy atom. The van der Waals surface area contributed by atoms with E-state index in [4.69, 9.17) is 0 Å². The average Bonchev–Trinajstić information content (AvgIpc) is 3.29. The number of halogens is 3. The summed E-state index contributed by atoms with van der Waals surface area (Å²) in [7, 11) is 1.73. The zero-order valence-electron chi connectivity index (χ0n) is 13.9. The van der Waals surface area contributed by atoms with E-state index in [1.807, 2.05) is 12.1 Å². The Bertz CT molecular complexity index is 1070. The van der Waals surface area contributed by atoms with E-state index in [0.29, 0.717) is 17.2 Å². The average molecular weight is 374 g/mol. The number of aromatic nitrogens is 5. The lowest BCUT2D eigenvalue weighted by Crippen LogP contribution is -2.17. The van der Waals surface area contributed by atoms with Crippen LogP contribution >= 0.6 is 0 Å². The molecule has 2 N–H and O–H groups in total. The monoisotopic (exact) mass is 374 g/mol. The summed E-state index contributed by atoms with van der Waals surface area (Å²) in [4.78, 5) is 4.39. The van der Waals surface area contributed by atoms with Crippen molar-refractivity contribution in [2.45, 2.75) is 6.36 Å². The molecule has 0 aliphatic rings. The van der Waals surface area contributed by atoms with Gasteiger partial charge in [0, 0.05) is 25.0 Å². The van der Waals surface area contributed by atoms with Gasteiger partial charge < -0.3 is 10.1 Å². The minimum absolute atomic E-state index is 0.303. The van der Waals surface area contributed by atoms with Gasteiger partial charge in [0.15, 0.2) is 11.5 Å². The zero-order chi connectivity index (χ0) is 19.0. The van der Waals surface area contributed by atoms with Crippen LogP contribution in [-0.4, -0.2) is 38.4 Å². The molecule has 138 valence electrons. The van der Waals surface area contributed by atoms with E-state index >= 15 is 0 Å². The quantitative estimate of drug-likeness (QED) is 0.569. The third-order valence-electron chi connectivity index (χ3n) is 3.91. The third kappa shape index (κ3) is 3.16. The van der Waals surface area contributed by atoms with Crippen molar-refractivity contribution in [3.63, 3.8) is 0 Å². The van der Waals surface area contributed by atoms with Gasteiger partial charge in [-0.05, 0) is 36.4 Å². The SMILES string of the molecule is CNc1nn(-c2ccc(OC(F)(F)F)cc2)c2nccc(-c3ccn[nH]3)c12. The van der Waals surface area contributed by atoms with Crippen LogP contribution in [0.1, 0.15) is 0 Å². The molecular formula is C17H13F3N6O. The van der Waals surface area contributed by atoms with Crippen molar-refractivity contribution in [2.24, 2.45) is 0 Å². The smallest absolute Gasteiger partial charge is 0.406 e. The molecule has 4 rings (SSSR count). The van der Waals surface area contributed by atoms with Crippen LogP contribution < -0.4 is 10.1 Å². The molecule has 0 atom stereocenters. The lowest BCUT2D eigenvalue weighted by atomic mass is 10.1. The fraction of sp³-hybridized carbons (Fsp3) is 0.118. The van der Waals surface area contributed by atoms with Crippen molar-refractivity contribution >= 4 is 16.9 Å². The van der Waals surface area contributed by atoms with Crippen LogP contribution in [0.5, 0.6) is 5.75 Å². The lowest BCUT2D eigenvalue weighted by Gasteiger charge is -2.09. The summed E-state index contributed by atoms with van der Waals surface area (Å²) < 4.78 is 42.5. The number of H-pyrrole nitrogens is 1. The molecule has 0 amide bonds. The minimum Gasteiger partial charge on any atom is -0.406 e. The zero-order valence-corrected chi connectivity index (χ0v) is 13.9. The topological polar surface area (TPSA) is 80.7 Å². The highest BCUT2D eigenvalue weighted by atomic mass is 19.4. The van der Waals surface area contributed by atoms with Crippen molar-refractivity contribution in [1.82, 2.24) is 25.0 Å². The van der Waals surface area contributed by atoms with Crippen LogP contribution in [0, 0.1) is 0 Å². The Kier molecular flexibility index (Phi) is 3.94. The summed E-state index contributed by atoms with van der Waals surface area (Å²) in [5.74, 6) is 0.279. The minimum atomic E-state index is -4.74. The van der Waals surface area contributed by atoms with Crippen LogP contribution in [0.15, 0.2) is 48.8 Å². The molecule has 0 saturated heterocycles. The Balaban J connectivity index is 1.82. The van der Waals surface area contributed by atoms with E-state index in [1.165, 1.54) is 24.3 Å². The molecule has 0 unspecified atom stereocenters. The first kappa shape index (κ1) is 16.9. The number of nitrogens with zero attached hydrogens (tertiary/aromatic N) is 4. The third-order valence-corrected chi connectivity index (χ3v) is 3.91. The first-order valence-corrected chi connectivity index (χ1v) is 7.88. The highest BCUT2D eigenvalue weighted by Gasteiger charge is 2.31. The Morgan fingerprint density at radius 3 is 2.48 bits per heavy atom. The van der Waals surface area contributed by atoms with Crippen molar-refractivity contribution in [3.05, 3.63) is 48.8 Å². The molecule has 7 nitrogen and oxygen atoms in total. The van der Waals surface area contributed by atoms with Gasteiger partial charge in [-0.3, -0.25) is 5.10 Å². The maximum atomic E-state index is 12.3. The van der Waals surface area contributed by atoms with E-state index in [1.54, 1.807) is 24.1 Å². The molecule has 3 heterocycles. The number of hydrogen-bond donors (Lipinski definition) is 2. The molecule has 0 saturated carbocycles.